The second-order valence-corrected chi connectivity index (χ2v) is 9.05. The first kappa shape index (κ1) is 21.2. The van der Waals surface area contributed by atoms with E-state index in [9.17, 15) is 14.4 Å². The Labute approximate surface area is 191 Å². The normalized spacial score (nSPS) is 27.2. The summed E-state index contributed by atoms with van der Waals surface area (Å²) in [6.07, 6.45) is 5.41. The number of imide groups is 2. The molecule has 2 aromatic carbocycles. The minimum atomic E-state index is -1.11. The average molecular weight is 444 g/mol. The predicted octanol–water partition coefficient (Wildman–Crippen LogP) is 5.00. The number of barbiturate groups is 1. The number of carbonyl (C=O) groups is 3. The van der Waals surface area contributed by atoms with Gasteiger partial charge in [-0.25, -0.2) is 4.79 Å². The van der Waals surface area contributed by atoms with Gasteiger partial charge < -0.3 is 0 Å². The molecule has 2 aromatic rings. The van der Waals surface area contributed by atoms with Crippen LogP contribution >= 0.6 is 0 Å². The second-order valence-electron chi connectivity index (χ2n) is 9.05. The number of aryl methyl sites for hydroxylation is 1. The van der Waals surface area contributed by atoms with Crippen LogP contribution in [0.25, 0.3) is 0 Å². The third-order valence-electron chi connectivity index (χ3n) is 6.80. The van der Waals surface area contributed by atoms with Crippen LogP contribution in [-0.2, 0) is 9.59 Å². The number of nitrogens with one attached hydrogen (secondary N) is 1. The number of amides is 4. The molecule has 3 fully saturated rings. The fourth-order valence-electron chi connectivity index (χ4n) is 5.07. The van der Waals surface area contributed by atoms with Gasteiger partial charge in [0, 0.05) is 12.3 Å². The van der Waals surface area contributed by atoms with Gasteiger partial charge in [-0.05, 0) is 74.4 Å². The van der Waals surface area contributed by atoms with Gasteiger partial charge in [-0.1, -0.05) is 24.1 Å². The maximum absolute atomic E-state index is 13.1. The first-order valence-electron chi connectivity index (χ1n) is 11.3. The van der Waals surface area contributed by atoms with E-state index in [0.717, 1.165) is 36.9 Å². The lowest BCUT2D eigenvalue weighted by Gasteiger charge is -2.36. The van der Waals surface area contributed by atoms with Gasteiger partial charge in [0.1, 0.15) is 0 Å². The lowest BCUT2D eigenvalue weighted by atomic mass is 9.92. The minimum Gasteiger partial charge on any atom is -0.277 e. The molecule has 2 bridgehead atoms. The van der Waals surface area contributed by atoms with E-state index in [-0.39, 0.29) is 6.04 Å². The number of benzene rings is 2. The second kappa shape index (κ2) is 8.69. The molecule has 1 aliphatic heterocycles. The Kier molecular flexibility index (Phi) is 5.58. The maximum Gasteiger partial charge on any atom is 0.331 e. The van der Waals surface area contributed by atoms with Gasteiger partial charge in [-0.15, -0.1) is 0 Å². The van der Waals surface area contributed by atoms with E-state index in [1.54, 1.807) is 24.3 Å². The van der Waals surface area contributed by atoms with Crippen LogP contribution in [0.5, 0.6) is 0 Å². The molecular weight excluding hydrogens is 418 g/mol. The van der Waals surface area contributed by atoms with Crippen LogP contribution in [0.2, 0.25) is 0 Å². The molecule has 2 saturated carbocycles. The molecule has 4 atom stereocenters. The third-order valence-corrected chi connectivity index (χ3v) is 6.80. The van der Waals surface area contributed by atoms with Crippen LogP contribution in [0.15, 0.2) is 63.8 Å². The highest BCUT2D eigenvalue weighted by atomic mass is 16.2. The first-order chi connectivity index (χ1) is 16.0. The van der Waals surface area contributed by atoms with Crippen LogP contribution in [0, 0.1) is 24.7 Å². The van der Waals surface area contributed by atoms with Crippen LogP contribution in [-0.4, -0.2) is 35.0 Å². The van der Waals surface area contributed by atoms with Crippen molar-refractivity contribution in [3.63, 3.8) is 0 Å². The van der Waals surface area contributed by atoms with Gasteiger partial charge in [0.05, 0.1) is 17.1 Å². The zero-order chi connectivity index (χ0) is 22.9. The number of urea groups is 1. The Bertz CT molecular complexity index is 1140. The fraction of sp³-hybridized carbons (Fsp3) is 0.360. The molecule has 0 aromatic heterocycles. The molecule has 1 N–H and O–H groups in total. The van der Waals surface area contributed by atoms with E-state index < -0.39 is 23.8 Å². The van der Waals surface area contributed by atoms with E-state index >= 15 is 0 Å². The van der Waals surface area contributed by atoms with Gasteiger partial charge in [0.2, 0.25) is 11.8 Å². The largest absolute Gasteiger partial charge is 0.331 e. The number of rotatable bonds is 5. The molecule has 4 amide bonds. The Balaban J connectivity index is 1.26. The summed E-state index contributed by atoms with van der Waals surface area (Å²) in [7, 11) is 0. The summed E-state index contributed by atoms with van der Waals surface area (Å²) in [5.74, 6) is -1.29. The highest BCUT2D eigenvalue weighted by Crippen LogP contribution is 2.47. The van der Waals surface area contributed by atoms with Crippen molar-refractivity contribution in [1.29, 1.82) is 0 Å². The average Bonchev–Trinajstić information content (AvgIpc) is 3.43. The van der Waals surface area contributed by atoms with E-state index in [1.165, 1.54) is 11.1 Å². The molecule has 0 spiro atoms. The molecule has 1 heterocycles. The summed E-state index contributed by atoms with van der Waals surface area (Å²) in [5.41, 5.74) is 3.16. The van der Waals surface area contributed by atoms with Gasteiger partial charge in [-0.3, -0.25) is 24.8 Å². The number of hydrogen-bond donors (Lipinski definition) is 1. The Morgan fingerprint density at radius 3 is 2.12 bits per heavy atom. The summed E-state index contributed by atoms with van der Waals surface area (Å²) >= 11 is 0. The fourth-order valence-corrected chi connectivity index (χ4v) is 5.07. The maximum atomic E-state index is 13.1. The van der Waals surface area contributed by atoms with Crippen LogP contribution in [0.4, 0.5) is 21.9 Å². The van der Waals surface area contributed by atoms with Crippen LogP contribution in [0.1, 0.15) is 31.2 Å². The summed E-state index contributed by atoms with van der Waals surface area (Å²) < 4.78 is 0. The summed E-state index contributed by atoms with van der Waals surface area (Å²) in [6.45, 7) is 2.01. The molecule has 5 rings (SSSR count). The number of carbonyl (C=O) groups excluding carboxylic acids is 3. The molecule has 0 radical (unpaired) electrons. The van der Waals surface area contributed by atoms with Crippen molar-refractivity contribution in [1.82, 2.24) is 10.2 Å². The topological polar surface area (TPSA) is 104 Å². The van der Waals surface area contributed by atoms with Crippen LogP contribution in [0.3, 0.4) is 0 Å². The molecule has 8 nitrogen and oxygen atoms in total. The predicted molar refractivity (Wildman–Crippen MR) is 123 cm³/mol. The molecule has 33 heavy (non-hydrogen) atoms. The minimum absolute atomic E-state index is 0.113. The highest BCUT2D eigenvalue weighted by Gasteiger charge is 2.50. The molecular formula is C25H25N5O3. The van der Waals surface area contributed by atoms with E-state index in [0.29, 0.717) is 23.2 Å². The Morgan fingerprint density at radius 2 is 1.52 bits per heavy atom. The zero-order valence-electron chi connectivity index (χ0n) is 18.3. The van der Waals surface area contributed by atoms with Crippen molar-refractivity contribution in [2.45, 2.75) is 38.6 Å². The molecule has 0 unspecified atom stereocenters. The SMILES string of the molecule is Cc1ccc(N=Nc2ccc(N=C[C@H]3C(=O)NC(=O)N([C@@H]4C[C@H]5CC[C@H]4C5)C3=O)cc2)cc1. The zero-order valence-corrected chi connectivity index (χ0v) is 18.3. The summed E-state index contributed by atoms with van der Waals surface area (Å²) in [6, 6.07) is 14.0. The smallest absolute Gasteiger partial charge is 0.277 e. The first-order valence-corrected chi connectivity index (χ1v) is 11.3. The number of hydrogen-bond acceptors (Lipinski definition) is 6. The lowest BCUT2D eigenvalue weighted by Crippen LogP contribution is -2.62. The van der Waals surface area contributed by atoms with Crippen molar-refractivity contribution in [3.05, 3.63) is 54.1 Å². The number of aliphatic imine (C=N–C) groups is 1. The van der Waals surface area contributed by atoms with Crippen LogP contribution < -0.4 is 5.32 Å². The van der Waals surface area contributed by atoms with Crippen molar-refractivity contribution >= 4 is 41.1 Å². The standard InChI is InChI=1S/C25H25N5O3/c1-15-2-6-19(7-3-15)28-29-20-10-8-18(9-11-20)26-14-21-23(31)27-25(33)30(24(21)32)22-13-16-4-5-17(22)12-16/h2-3,6-11,14,16-17,21-22H,4-5,12-13H2,1H3,(H,27,31,33)/t16-,17-,21-,22+/m0/s1. The van der Waals surface area contributed by atoms with E-state index in [2.05, 4.69) is 20.5 Å². The van der Waals surface area contributed by atoms with Gasteiger partial charge in [0.15, 0.2) is 5.92 Å². The van der Waals surface area contributed by atoms with Gasteiger partial charge in [-0.2, -0.15) is 10.2 Å². The number of azo groups is 1. The summed E-state index contributed by atoms with van der Waals surface area (Å²) in [5, 5.41) is 10.8. The Hall–Kier alpha value is -3.68. The highest BCUT2D eigenvalue weighted by molar-refractivity contribution is 6.23. The molecule has 8 heteroatoms. The van der Waals surface area contributed by atoms with E-state index in [4.69, 9.17) is 0 Å². The molecule has 2 aliphatic carbocycles. The van der Waals surface area contributed by atoms with Gasteiger partial charge in [0.25, 0.3) is 0 Å². The van der Waals surface area contributed by atoms with Crippen molar-refractivity contribution in [2.24, 2.45) is 33.0 Å². The Morgan fingerprint density at radius 1 is 0.879 bits per heavy atom. The number of fused-ring (bicyclic) bond motifs is 2. The third kappa shape index (κ3) is 4.33. The van der Waals surface area contributed by atoms with Crippen molar-refractivity contribution in [3.8, 4) is 0 Å². The number of nitrogens with zero attached hydrogens (tertiary/aromatic N) is 4. The molecule has 168 valence electrons. The molecule has 1 saturated heterocycles. The van der Waals surface area contributed by atoms with Crippen molar-refractivity contribution < 1.29 is 14.4 Å². The molecule has 3 aliphatic rings. The quantitative estimate of drug-likeness (QED) is 0.400. The monoisotopic (exact) mass is 443 g/mol. The van der Waals surface area contributed by atoms with Gasteiger partial charge >= 0.3 is 6.03 Å². The summed E-state index contributed by atoms with van der Waals surface area (Å²) in [4.78, 5) is 43.4. The van der Waals surface area contributed by atoms with Crippen molar-refractivity contribution in [2.75, 3.05) is 0 Å². The van der Waals surface area contributed by atoms with E-state index in [1.807, 2.05) is 31.2 Å². The lowest BCUT2D eigenvalue weighted by molar-refractivity contribution is -0.141.